The number of hydrogen-bond donors (Lipinski definition) is 1. The lowest BCUT2D eigenvalue weighted by atomic mass is 9.90. The molecule has 0 spiro atoms. The highest BCUT2D eigenvalue weighted by Gasteiger charge is 2.43. The van der Waals surface area contributed by atoms with E-state index in [9.17, 15) is 18.7 Å². The molecule has 1 aliphatic rings. The second-order valence-electron chi connectivity index (χ2n) is 7.11. The third-order valence-corrected chi connectivity index (χ3v) is 4.80. The van der Waals surface area contributed by atoms with E-state index in [0.29, 0.717) is 25.9 Å². The smallest absolute Gasteiger partial charge is 0.256 e. The molecule has 1 fully saturated rings. The number of hydrogen-bond acceptors (Lipinski definition) is 4. The lowest BCUT2D eigenvalue weighted by Crippen LogP contribution is -2.57. The Bertz CT molecular complexity index is 803. The van der Waals surface area contributed by atoms with Gasteiger partial charge in [-0.3, -0.25) is 14.7 Å². The summed E-state index contributed by atoms with van der Waals surface area (Å²) in [6.45, 7) is 1.05. The molecule has 0 aliphatic carbocycles. The Morgan fingerprint density at radius 3 is 2.85 bits per heavy atom. The first-order valence-corrected chi connectivity index (χ1v) is 8.91. The number of piperidine rings is 1. The fourth-order valence-electron chi connectivity index (χ4n) is 3.54. The van der Waals surface area contributed by atoms with Gasteiger partial charge in [0.25, 0.3) is 5.91 Å². The number of rotatable bonds is 6. The van der Waals surface area contributed by atoms with E-state index >= 15 is 0 Å². The van der Waals surface area contributed by atoms with E-state index in [-0.39, 0.29) is 18.7 Å². The number of aromatic nitrogens is 1. The zero-order valence-electron chi connectivity index (χ0n) is 15.2. The van der Waals surface area contributed by atoms with Crippen molar-refractivity contribution in [3.8, 4) is 0 Å². The minimum atomic E-state index is -1.54. The molecule has 7 heteroatoms. The van der Waals surface area contributed by atoms with E-state index in [1.165, 1.54) is 17.0 Å². The number of pyridine rings is 1. The Morgan fingerprint density at radius 2 is 2.11 bits per heavy atom. The van der Waals surface area contributed by atoms with Crippen molar-refractivity contribution in [1.29, 1.82) is 0 Å². The number of amides is 1. The van der Waals surface area contributed by atoms with Crippen molar-refractivity contribution >= 4 is 5.91 Å². The lowest BCUT2D eigenvalue weighted by Gasteiger charge is -2.40. The van der Waals surface area contributed by atoms with Crippen LogP contribution >= 0.6 is 0 Å². The lowest BCUT2D eigenvalue weighted by molar-refractivity contribution is -0.160. The van der Waals surface area contributed by atoms with Crippen LogP contribution in [-0.4, -0.2) is 51.5 Å². The zero-order valence-corrected chi connectivity index (χ0v) is 15.2. The molecule has 1 aromatic carbocycles. The highest BCUT2D eigenvalue weighted by molar-refractivity contribution is 5.86. The van der Waals surface area contributed by atoms with Gasteiger partial charge in [0.2, 0.25) is 0 Å². The molecular formula is C20H23F2N3O2. The topological polar surface area (TPSA) is 56.7 Å². The number of halogens is 2. The highest BCUT2D eigenvalue weighted by Crippen LogP contribution is 2.26. The monoisotopic (exact) mass is 375 g/mol. The van der Waals surface area contributed by atoms with Gasteiger partial charge in [-0.15, -0.1) is 0 Å². The number of carbonyl (C=O) groups excluding carboxylic acids is 1. The summed E-state index contributed by atoms with van der Waals surface area (Å²) < 4.78 is 27.4. The summed E-state index contributed by atoms with van der Waals surface area (Å²) in [6, 6.07) is 7.67. The first kappa shape index (κ1) is 19.4. The molecule has 2 aromatic rings. The molecule has 1 N–H and O–H groups in total. The summed E-state index contributed by atoms with van der Waals surface area (Å²) >= 11 is 0. The minimum absolute atomic E-state index is 0.0585. The van der Waals surface area contributed by atoms with Crippen molar-refractivity contribution in [2.45, 2.75) is 31.5 Å². The second-order valence-corrected chi connectivity index (χ2v) is 7.11. The minimum Gasteiger partial charge on any atom is -0.379 e. The summed E-state index contributed by atoms with van der Waals surface area (Å²) in [4.78, 5) is 20.2. The van der Waals surface area contributed by atoms with Gasteiger partial charge < -0.3 is 10.0 Å². The Labute approximate surface area is 157 Å². The molecule has 1 atom stereocenters. The SMILES string of the molecule is CN(Cc1cccnc1)C[C@]1(O)CCCN(Cc2cccc(F)c2F)C1=O. The molecule has 1 amide bonds. The van der Waals surface area contributed by atoms with E-state index in [1.54, 1.807) is 12.4 Å². The van der Waals surface area contributed by atoms with Crippen LogP contribution in [0.25, 0.3) is 0 Å². The average Bonchev–Trinajstić information content (AvgIpc) is 2.63. The third-order valence-electron chi connectivity index (χ3n) is 4.80. The van der Waals surface area contributed by atoms with Gasteiger partial charge in [0, 0.05) is 44.1 Å². The molecule has 0 radical (unpaired) electrons. The van der Waals surface area contributed by atoms with Crippen LogP contribution in [0.3, 0.4) is 0 Å². The van der Waals surface area contributed by atoms with Gasteiger partial charge in [0.05, 0.1) is 0 Å². The first-order valence-electron chi connectivity index (χ1n) is 8.91. The summed E-state index contributed by atoms with van der Waals surface area (Å²) in [5.74, 6) is -2.34. The van der Waals surface area contributed by atoms with E-state index in [2.05, 4.69) is 4.98 Å². The van der Waals surface area contributed by atoms with Crippen LogP contribution in [0.4, 0.5) is 8.78 Å². The Kier molecular flexibility index (Phi) is 5.82. The summed E-state index contributed by atoms with van der Waals surface area (Å²) in [6.07, 6.45) is 4.36. The van der Waals surface area contributed by atoms with Crippen LogP contribution in [0.15, 0.2) is 42.7 Å². The maximum atomic E-state index is 13.9. The van der Waals surface area contributed by atoms with E-state index < -0.39 is 23.1 Å². The van der Waals surface area contributed by atoms with Crippen LogP contribution < -0.4 is 0 Å². The number of aliphatic hydroxyl groups is 1. The van der Waals surface area contributed by atoms with Crippen molar-refractivity contribution in [3.63, 3.8) is 0 Å². The number of carbonyl (C=O) groups is 1. The number of likely N-dealkylation sites (N-methyl/N-ethyl adjacent to an activating group) is 1. The van der Waals surface area contributed by atoms with Crippen LogP contribution in [0.2, 0.25) is 0 Å². The number of nitrogens with zero attached hydrogens (tertiary/aromatic N) is 3. The standard InChI is InChI=1S/C20H23F2N3O2/c1-24(12-15-5-3-9-23-11-15)14-20(27)8-4-10-25(19(20)26)13-16-6-2-7-17(21)18(16)22/h2-3,5-7,9,11,27H,4,8,10,12-14H2,1H3/t20-/m1/s1. The molecule has 1 aliphatic heterocycles. The maximum absolute atomic E-state index is 13.9. The molecule has 27 heavy (non-hydrogen) atoms. The van der Waals surface area contributed by atoms with Crippen molar-refractivity contribution in [2.24, 2.45) is 0 Å². The fraction of sp³-hybridized carbons (Fsp3) is 0.400. The molecule has 0 unspecified atom stereocenters. The van der Waals surface area contributed by atoms with Crippen molar-refractivity contribution in [1.82, 2.24) is 14.8 Å². The quantitative estimate of drug-likeness (QED) is 0.842. The maximum Gasteiger partial charge on any atom is 0.256 e. The van der Waals surface area contributed by atoms with Gasteiger partial charge in [0.15, 0.2) is 17.2 Å². The Morgan fingerprint density at radius 1 is 1.30 bits per heavy atom. The predicted molar refractivity (Wildman–Crippen MR) is 96.5 cm³/mol. The molecule has 5 nitrogen and oxygen atoms in total. The Hall–Kier alpha value is -2.38. The average molecular weight is 375 g/mol. The van der Waals surface area contributed by atoms with Crippen molar-refractivity contribution in [3.05, 3.63) is 65.5 Å². The zero-order chi connectivity index (χ0) is 19.4. The van der Waals surface area contributed by atoms with Gasteiger partial charge in [-0.2, -0.15) is 0 Å². The van der Waals surface area contributed by atoms with E-state index in [1.807, 2.05) is 24.1 Å². The van der Waals surface area contributed by atoms with Gasteiger partial charge >= 0.3 is 0 Å². The molecule has 3 rings (SSSR count). The second kappa shape index (κ2) is 8.10. The van der Waals surface area contributed by atoms with Crippen LogP contribution in [-0.2, 0) is 17.9 Å². The highest BCUT2D eigenvalue weighted by atomic mass is 19.2. The largest absolute Gasteiger partial charge is 0.379 e. The van der Waals surface area contributed by atoms with Gasteiger partial charge in [0.1, 0.15) is 0 Å². The normalized spacial score (nSPS) is 20.3. The number of likely N-dealkylation sites (tertiary alicyclic amines) is 1. The van der Waals surface area contributed by atoms with Crippen LogP contribution in [0, 0.1) is 11.6 Å². The molecule has 0 saturated carbocycles. The fourth-order valence-corrected chi connectivity index (χ4v) is 3.54. The van der Waals surface area contributed by atoms with E-state index in [0.717, 1.165) is 11.6 Å². The molecular weight excluding hydrogens is 352 g/mol. The van der Waals surface area contributed by atoms with Crippen molar-refractivity contribution in [2.75, 3.05) is 20.1 Å². The Balaban J connectivity index is 1.68. The van der Waals surface area contributed by atoms with Gasteiger partial charge in [-0.1, -0.05) is 18.2 Å². The van der Waals surface area contributed by atoms with Crippen LogP contribution in [0.1, 0.15) is 24.0 Å². The summed E-state index contributed by atoms with van der Waals surface area (Å²) in [5.41, 5.74) is -0.458. The first-order chi connectivity index (χ1) is 12.9. The molecule has 0 bridgehead atoms. The van der Waals surface area contributed by atoms with Crippen LogP contribution in [0.5, 0.6) is 0 Å². The molecule has 2 heterocycles. The van der Waals surface area contributed by atoms with Crippen molar-refractivity contribution < 1.29 is 18.7 Å². The van der Waals surface area contributed by atoms with E-state index in [4.69, 9.17) is 0 Å². The summed E-state index contributed by atoms with van der Waals surface area (Å²) in [5, 5.41) is 10.9. The molecule has 144 valence electrons. The third kappa shape index (κ3) is 4.48. The molecule has 1 saturated heterocycles. The van der Waals surface area contributed by atoms with Gasteiger partial charge in [-0.25, -0.2) is 8.78 Å². The predicted octanol–water partition coefficient (Wildman–Crippen LogP) is 2.35. The molecule has 1 aromatic heterocycles. The summed E-state index contributed by atoms with van der Waals surface area (Å²) in [7, 11) is 1.82. The number of benzene rings is 1. The van der Waals surface area contributed by atoms with Gasteiger partial charge in [-0.05, 0) is 37.6 Å².